The Bertz CT molecular complexity index is 1160. The second-order valence-corrected chi connectivity index (χ2v) is 14.7. The van der Waals surface area contributed by atoms with Crippen molar-refractivity contribution in [2.75, 3.05) is 13.7 Å². The van der Waals surface area contributed by atoms with Gasteiger partial charge in [0.2, 0.25) is 0 Å². The van der Waals surface area contributed by atoms with Crippen LogP contribution < -0.4 is 0 Å². The maximum atomic E-state index is 12.8. The minimum Gasteiger partial charge on any atom is -0.463 e. The third-order valence-electron chi connectivity index (χ3n) is 4.87. The number of methoxy groups -OCH3 is 1. The summed E-state index contributed by atoms with van der Waals surface area (Å²) in [6.45, 7) is 13.2. The minimum absolute atomic E-state index is 0.287. The zero-order valence-corrected chi connectivity index (χ0v) is 20.8. The highest BCUT2D eigenvalue weighted by molar-refractivity contribution is 6.83. The van der Waals surface area contributed by atoms with Crippen LogP contribution in [0, 0.1) is 11.5 Å². The fourth-order valence-electron chi connectivity index (χ4n) is 3.54. The summed E-state index contributed by atoms with van der Waals surface area (Å²) < 4.78 is 12.1. The fourth-order valence-corrected chi connectivity index (χ4v) is 4.06. The van der Waals surface area contributed by atoms with Crippen LogP contribution in [-0.4, -0.2) is 54.6 Å². The summed E-state index contributed by atoms with van der Waals surface area (Å²) in [5.41, 5.74) is 5.46. The van der Waals surface area contributed by atoms with Crippen LogP contribution in [0.4, 0.5) is 4.79 Å². The predicted octanol–water partition coefficient (Wildman–Crippen LogP) is 3.98. The molecule has 8 heteroatoms. The molecular weight excluding hydrogens is 424 g/mol. The number of aromatic nitrogens is 1. The minimum atomic E-state index is -1.64. The van der Waals surface area contributed by atoms with E-state index in [1.165, 1.54) is 7.11 Å². The van der Waals surface area contributed by atoms with E-state index in [0.717, 1.165) is 16.6 Å². The molecule has 1 aliphatic rings. The molecule has 0 radical (unpaired) electrons. The molecule has 0 saturated heterocycles. The van der Waals surface area contributed by atoms with Gasteiger partial charge in [0.05, 0.1) is 24.7 Å². The van der Waals surface area contributed by atoms with Crippen LogP contribution in [0.1, 0.15) is 42.3 Å². The molecule has 0 aliphatic carbocycles. The lowest BCUT2D eigenvalue weighted by Crippen LogP contribution is -2.37. The number of ketones is 1. The van der Waals surface area contributed by atoms with Gasteiger partial charge in [-0.1, -0.05) is 25.6 Å². The molecule has 1 amide bonds. The van der Waals surface area contributed by atoms with Gasteiger partial charge >= 0.3 is 12.1 Å². The Morgan fingerprint density at radius 1 is 1.09 bits per heavy atom. The number of ether oxygens (including phenoxy) is 2. The summed E-state index contributed by atoms with van der Waals surface area (Å²) in [6.07, 6.45) is 1.28. The topological polar surface area (TPSA) is 77.8 Å². The van der Waals surface area contributed by atoms with Gasteiger partial charge in [-0.05, 0) is 38.5 Å². The van der Waals surface area contributed by atoms with E-state index in [2.05, 4.69) is 35.8 Å². The lowest BCUT2D eigenvalue weighted by molar-refractivity contribution is -0.135. The molecule has 0 atom stereocenters. The van der Waals surface area contributed by atoms with E-state index in [9.17, 15) is 14.4 Å². The molecule has 1 aromatic carbocycles. The zero-order valence-electron chi connectivity index (χ0n) is 19.8. The van der Waals surface area contributed by atoms with Gasteiger partial charge in [-0.3, -0.25) is 4.79 Å². The van der Waals surface area contributed by atoms with Crippen molar-refractivity contribution in [3.63, 3.8) is 0 Å². The largest absolute Gasteiger partial charge is 0.463 e. The maximum absolute atomic E-state index is 12.8. The molecule has 1 aliphatic heterocycles. The zero-order chi connectivity index (χ0) is 23.8. The summed E-state index contributed by atoms with van der Waals surface area (Å²) in [5.74, 6) is 1.64. The van der Waals surface area contributed by atoms with E-state index in [4.69, 9.17) is 4.74 Å². The standard InChI is InChI=1S/C24H30N2O5Si/c1-24(2,3)31-23(29)26-10-9-25-15-19(21(27)22(28)30-4)18-13-16(8-11-32(5,6)7)12-17(14-26)20(18)25/h12-13,15H,9-10,14H2,1-7H3. The van der Waals surface area contributed by atoms with Crippen LogP contribution in [0.25, 0.3) is 10.9 Å². The van der Waals surface area contributed by atoms with Crippen LogP contribution >= 0.6 is 0 Å². The molecule has 0 fully saturated rings. The third-order valence-corrected chi connectivity index (χ3v) is 5.75. The second-order valence-electron chi connectivity index (χ2n) is 9.99. The Balaban J connectivity index is 2.15. The van der Waals surface area contributed by atoms with Gasteiger partial charge in [-0.2, -0.15) is 0 Å². The molecule has 7 nitrogen and oxygen atoms in total. The van der Waals surface area contributed by atoms with Crippen LogP contribution in [0.3, 0.4) is 0 Å². The van der Waals surface area contributed by atoms with E-state index in [-0.39, 0.29) is 11.7 Å². The van der Waals surface area contributed by atoms with Gasteiger partial charge in [0, 0.05) is 30.2 Å². The molecule has 0 spiro atoms. The molecule has 1 aromatic heterocycles. The van der Waals surface area contributed by atoms with E-state index >= 15 is 0 Å². The first-order valence-electron chi connectivity index (χ1n) is 10.6. The highest BCUT2D eigenvalue weighted by Crippen LogP contribution is 2.30. The van der Waals surface area contributed by atoms with Crippen molar-refractivity contribution in [2.24, 2.45) is 0 Å². The summed E-state index contributed by atoms with van der Waals surface area (Å²) in [5, 5.41) is 0.642. The number of amides is 1. The van der Waals surface area contributed by atoms with Crippen LogP contribution in [0.15, 0.2) is 18.3 Å². The quantitative estimate of drug-likeness (QED) is 0.226. The summed E-state index contributed by atoms with van der Waals surface area (Å²) in [4.78, 5) is 39.1. The van der Waals surface area contributed by atoms with Crippen molar-refractivity contribution >= 4 is 36.8 Å². The molecule has 0 unspecified atom stereocenters. The number of esters is 1. The lowest BCUT2D eigenvalue weighted by Gasteiger charge is -2.26. The van der Waals surface area contributed by atoms with Gasteiger partial charge in [0.15, 0.2) is 0 Å². The Morgan fingerprint density at radius 2 is 1.78 bits per heavy atom. The maximum Gasteiger partial charge on any atom is 0.410 e. The Morgan fingerprint density at radius 3 is 2.38 bits per heavy atom. The number of nitrogens with zero attached hydrogens (tertiary/aromatic N) is 2. The normalized spacial score (nSPS) is 13.8. The van der Waals surface area contributed by atoms with Crippen molar-refractivity contribution in [2.45, 2.75) is 59.1 Å². The smallest absolute Gasteiger partial charge is 0.410 e. The van der Waals surface area contributed by atoms with Gasteiger partial charge in [-0.25, -0.2) is 9.59 Å². The molecule has 2 aromatic rings. The molecule has 0 saturated carbocycles. The van der Waals surface area contributed by atoms with Crippen molar-refractivity contribution in [3.8, 4) is 11.5 Å². The average Bonchev–Trinajstić information content (AvgIpc) is 2.93. The van der Waals surface area contributed by atoms with Gasteiger partial charge in [0.25, 0.3) is 5.78 Å². The Labute approximate surface area is 189 Å². The van der Waals surface area contributed by atoms with E-state index in [1.54, 1.807) is 11.1 Å². The lowest BCUT2D eigenvalue weighted by atomic mass is 10.0. The first-order chi connectivity index (χ1) is 14.8. The van der Waals surface area contributed by atoms with Crippen molar-refractivity contribution < 1.29 is 23.9 Å². The number of benzene rings is 1. The number of hydrogen-bond acceptors (Lipinski definition) is 5. The van der Waals surface area contributed by atoms with Gasteiger partial charge < -0.3 is 18.9 Å². The SMILES string of the molecule is COC(=O)C(=O)c1cn2c3c(cc(C#C[Si](C)(C)C)cc13)CN(C(=O)OC(C)(C)C)CC2. The highest BCUT2D eigenvalue weighted by Gasteiger charge is 2.29. The first-order valence-corrected chi connectivity index (χ1v) is 14.1. The number of Topliss-reactive ketones (excluding diaryl/α,β-unsaturated/α-hetero) is 1. The van der Waals surface area contributed by atoms with Crippen molar-refractivity contribution in [3.05, 3.63) is 35.0 Å². The van der Waals surface area contributed by atoms with Crippen molar-refractivity contribution in [1.29, 1.82) is 0 Å². The van der Waals surface area contributed by atoms with E-state index in [1.807, 2.05) is 37.5 Å². The second kappa shape index (κ2) is 8.47. The summed E-state index contributed by atoms with van der Waals surface area (Å²) in [6, 6.07) is 3.81. The predicted molar refractivity (Wildman–Crippen MR) is 125 cm³/mol. The number of carbonyl (C=O) groups excluding carboxylic acids is 3. The monoisotopic (exact) mass is 454 g/mol. The number of carbonyl (C=O) groups is 3. The third kappa shape index (κ3) is 5.22. The number of rotatable bonds is 2. The van der Waals surface area contributed by atoms with Crippen LogP contribution in [0.2, 0.25) is 19.6 Å². The van der Waals surface area contributed by atoms with Gasteiger partial charge in [-0.15, -0.1) is 5.54 Å². The van der Waals surface area contributed by atoms with E-state index < -0.39 is 25.4 Å². The van der Waals surface area contributed by atoms with Crippen LogP contribution in [0.5, 0.6) is 0 Å². The first kappa shape index (κ1) is 23.6. The Kier molecular flexibility index (Phi) is 6.25. The molecule has 170 valence electrons. The molecular formula is C24H30N2O5Si. The number of hydrogen-bond donors (Lipinski definition) is 0. The van der Waals surface area contributed by atoms with E-state index in [0.29, 0.717) is 25.0 Å². The average molecular weight is 455 g/mol. The van der Waals surface area contributed by atoms with Crippen molar-refractivity contribution in [1.82, 2.24) is 9.47 Å². The summed E-state index contributed by atoms with van der Waals surface area (Å²) in [7, 11) is -0.443. The fraction of sp³-hybridized carbons (Fsp3) is 0.458. The highest BCUT2D eigenvalue weighted by atomic mass is 28.3. The molecule has 0 N–H and O–H groups in total. The molecule has 0 bridgehead atoms. The molecule has 3 rings (SSSR count). The Hall–Kier alpha value is -3.05. The van der Waals surface area contributed by atoms with Gasteiger partial charge in [0.1, 0.15) is 13.7 Å². The molecule has 32 heavy (non-hydrogen) atoms. The molecule has 2 heterocycles. The summed E-state index contributed by atoms with van der Waals surface area (Å²) >= 11 is 0. The van der Waals surface area contributed by atoms with Crippen LogP contribution in [-0.2, 0) is 27.4 Å².